The fourth-order valence-corrected chi connectivity index (χ4v) is 3.72. The summed E-state index contributed by atoms with van der Waals surface area (Å²) in [6, 6.07) is 10.7. The zero-order chi connectivity index (χ0) is 19.8. The number of hydrogen-bond donors (Lipinski definition) is 1. The molecule has 5 nitrogen and oxygen atoms in total. The number of phenolic OH excluding ortho intramolecular Hbond substituents is 1. The number of aryl methyl sites for hydroxylation is 1. The van der Waals surface area contributed by atoms with Gasteiger partial charge in [-0.25, -0.2) is 8.42 Å². The van der Waals surface area contributed by atoms with Crippen LogP contribution in [0.1, 0.15) is 23.6 Å². The maximum atomic E-state index is 11.8. The van der Waals surface area contributed by atoms with E-state index in [0.29, 0.717) is 11.1 Å². The molecule has 27 heavy (non-hydrogen) atoms. The number of hydrogen-bond acceptors (Lipinski definition) is 4. The molecule has 0 aliphatic heterocycles. The average molecular weight is 382 g/mol. The molecule has 0 saturated heterocycles. The molecule has 0 amide bonds. The van der Waals surface area contributed by atoms with E-state index in [4.69, 9.17) is 0 Å². The maximum absolute atomic E-state index is 11.8. The fraction of sp³-hybridized carbons (Fsp3) is 0.0952. The van der Waals surface area contributed by atoms with Crippen molar-refractivity contribution in [3.8, 4) is 5.75 Å². The third kappa shape index (κ3) is 3.77. The van der Waals surface area contributed by atoms with Crippen LogP contribution in [-0.4, -0.2) is 28.7 Å². The van der Waals surface area contributed by atoms with Crippen LogP contribution in [0, 0.1) is 6.92 Å². The van der Waals surface area contributed by atoms with Crippen molar-refractivity contribution in [2.24, 2.45) is 0 Å². The van der Waals surface area contributed by atoms with Crippen LogP contribution in [0.25, 0.3) is 5.57 Å². The van der Waals surface area contributed by atoms with E-state index in [1.54, 1.807) is 30.4 Å². The van der Waals surface area contributed by atoms with Gasteiger partial charge < -0.3 is 9.66 Å². The highest BCUT2D eigenvalue weighted by atomic mass is 32.2. The number of ketones is 1. The molecule has 138 valence electrons. The Hall–Kier alpha value is -2.96. The van der Waals surface area contributed by atoms with Gasteiger partial charge in [0.1, 0.15) is 15.9 Å². The zero-order valence-corrected chi connectivity index (χ0v) is 15.6. The average Bonchev–Trinajstić information content (AvgIpc) is 2.58. The van der Waals surface area contributed by atoms with Crippen molar-refractivity contribution in [3.63, 3.8) is 0 Å². The summed E-state index contributed by atoms with van der Waals surface area (Å²) in [7, 11) is -4.77. The highest BCUT2D eigenvalue weighted by Gasteiger charge is 2.26. The first-order chi connectivity index (χ1) is 12.7. The molecule has 1 aliphatic carbocycles. The van der Waals surface area contributed by atoms with Gasteiger partial charge in [0.05, 0.1) is 10.5 Å². The number of rotatable bonds is 3. The van der Waals surface area contributed by atoms with Gasteiger partial charge in [0.25, 0.3) is 0 Å². The second-order valence-electron chi connectivity index (χ2n) is 6.37. The predicted octanol–water partition coefficient (Wildman–Crippen LogP) is 3.47. The standard InChI is InChI=1S/C21H18O5S/c1-13-7-9-15(18(22)11-13)21(16-10-8-14(2)12-19(16)23)17-5-3-4-6-20(17)27(24,25)26/h3-12,22H,1-2H3,(H,24,25,26). The quantitative estimate of drug-likeness (QED) is 0.499. The van der Waals surface area contributed by atoms with Gasteiger partial charge in [0.2, 0.25) is 0 Å². The van der Waals surface area contributed by atoms with Crippen LogP contribution < -0.4 is 0 Å². The van der Waals surface area contributed by atoms with E-state index in [1.165, 1.54) is 30.3 Å². The first-order valence-electron chi connectivity index (χ1n) is 8.20. The van der Waals surface area contributed by atoms with Gasteiger partial charge in [0, 0.05) is 22.8 Å². The van der Waals surface area contributed by atoms with E-state index in [-0.39, 0.29) is 22.7 Å². The topological polar surface area (TPSA) is 98.8 Å². The van der Waals surface area contributed by atoms with E-state index in [0.717, 1.165) is 11.1 Å². The van der Waals surface area contributed by atoms with Crippen molar-refractivity contribution in [1.29, 1.82) is 0 Å². The normalized spacial score (nSPS) is 16.3. The lowest BCUT2D eigenvalue weighted by Gasteiger charge is -2.19. The molecule has 2 N–H and O–H groups in total. The van der Waals surface area contributed by atoms with Gasteiger partial charge in [-0.3, -0.25) is 4.79 Å². The van der Waals surface area contributed by atoms with Crippen LogP contribution in [0.3, 0.4) is 0 Å². The Morgan fingerprint density at radius 3 is 2.37 bits per heavy atom. The van der Waals surface area contributed by atoms with E-state index in [2.05, 4.69) is 0 Å². The van der Waals surface area contributed by atoms with E-state index in [9.17, 15) is 22.9 Å². The van der Waals surface area contributed by atoms with E-state index < -0.39 is 15.0 Å². The molecule has 0 heterocycles. The summed E-state index contributed by atoms with van der Waals surface area (Å²) in [4.78, 5) is 10.1. The summed E-state index contributed by atoms with van der Waals surface area (Å²) >= 11 is 0. The lowest BCUT2D eigenvalue weighted by Crippen LogP contribution is -2.10. The maximum Gasteiger partial charge on any atom is 0.348 e. The molecule has 3 rings (SSSR count). The number of benzene rings is 2. The van der Waals surface area contributed by atoms with Crippen molar-refractivity contribution in [2.75, 3.05) is 0 Å². The molecule has 0 atom stereocenters. The van der Waals surface area contributed by atoms with Crippen LogP contribution in [0.15, 0.2) is 76.7 Å². The SMILES string of the molecule is CC1=CC(=[OH+])C(=C(c2ccc(C)cc2O)c2ccccc2S(=O)(=O)[O-])C=C1. The van der Waals surface area contributed by atoms with E-state index in [1.807, 2.05) is 13.8 Å². The molecule has 2 aromatic rings. The molecule has 0 unspecified atom stereocenters. The molecule has 2 aromatic carbocycles. The Balaban J connectivity index is 2.42. The van der Waals surface area contributed by atoms with E-state index >= 15 is 0 Å². The molecular formula is C21H18O5S. The highest BCUT2D eigenvalue weighted by Crippen LogP contribution is 2.38. The second kappa shape index (κ2) is 6.98. The van der Waals surface area contributed by atoms with Gasteiger partial charge in [-0.15, -0.1) is 0 Å². The lowest BCUT2D eigenvalue weighted by atomic mass is 9.87. The zero-order valence-electron chi connectivity index (χ0n) is 14.8. The van der Waals surface area contributed by atoms with Gasteiger partial charge in [-0.05, 0) is 43.2 Å². The number of carbonyl (C=O) groups excluding carboxylic acids is 1. The van der Waals surface area contributed by atoms with Crippen LogP contribution in [0.5, 0.6) is 5.75 Å². The first kappa shape index (κ1) is 18.8. The van der Waals surface area contributed by atoms with Crippen LogP contribution in [0.4, 0.5) is 0 Å². The molecular weight excluding hydrogens is 364 g/mol. The minimum absolute atomic E-state index is 0.0805. The molecule has 0 aromatic heterocycles. The third-order valence-corrected chi connectivity index (χ3v) is 5.17. The number of aromatic hydroxyl groups is 1. The van der Waals surface area contributed by atoms with Crippen molar-refractivity contribution in [2.45, 2.75) is 18.7 Å². The minimum atomic E-state index is -4.77. The molecule has 1 aliphatic rings. The van der Waals surface area contributed by atoms with Crippen molar-refractivity contribution in [1.82, 2.24) is 0 Å². The summed E-state index contributed by atoms with van der Waals surface area (Å²) in [5.41, 5.74) is 2.64. The summed E-state index contributed by atoms with van der Waals surface area (Å²) in [6.07, 6.45) is 4.93. The smallest absolute Gasteiger partial charge is 0.348 e. The largest absolute Gasteiger partial charge is 0.744 e. The second-order valence-corrected chi connectivity index (χ2v) is 7.71. The Morgan fingerprint density at radius 2 is 1.74 bits per heavy atom. The third-order valence-electron chi connectivity index (χ3n) is 4.27. The summed E-state index contributed by atoms with van der Waals surface area (Å²) in [5.74, 6) is -0.161. The minimum Gasteiger partial charge on any atom is -0.744 e. The molecule has 0 spiro atoms. The monoisotopic (exact) mass is 382 g/mol. The van der Waals surface area contributed by atoms with Gasteiger partial charge in [-0.1, -0.05) is 36.4 Å². The highest BCUT2D eigenvalue weighted by molar-refractivity contribution is 7.85. The van der Waals surface area contributed by atoms with Crippen LogP contribution in [-0.2, 0) is 10.1 Å². The number of phenols is 1. The predicted molar refractivity (Wildman–Crippen MR) is 103 cm³/mol. The molecule has 6 heteroatoms. The van der Waals surface area contributed by atoms with Crippen molar-refractivity contribution in [3.05, 3.63) is 88.5 Å². The van der Waals surface area contributed by atoms with Gasteiger partial charge in [0.15, 0.2) is 0 Å². The molecule has 0 saturated carbocycles. The Bertz CT molecular complexity index is 1130. The number of allylic oxidation sites excluding steroid dienone is 5. The fourth-order valence-electron chi connectivity index (χ4n) is 3.03. The summed E-state index contributed by atoms with van der Waals surface area (Å²) < 4.78 is 35.4. The van der Waals surface area contributed by atoms with Crippen molar-refractivity contribution < 1.29 is 22.9 Å². The van der Waals surface area contributed by atoms with Crippen LogP contribution in [0.2, 0.25) is 0 Å². The van der Waals surface area contributed by atoms with Crippen molar-refractivity contribution >= 4 is 21.5 Å². The first-order valence-corrected chi connectivity index (χ1v) is 9.61. The summed E-state index contributed by atoms with van der Waals surface area (Å²) in [6.45, 7) is 3.62. The molecule has 0 radical (unpaired) electrons. The van der Waals surface area contributed by atoms with Gasteiger partial charge >= 0.3 is 5.78 Å². The summed E-state index contributed by atoms with van der Waals surface area (Å²) in [5, 5.41) is 10.5. The Labute approximate surface area is 157 Å². The Kier molecular flexibility index (Phi) is 4.87. The Morgan fingerprint density at radius 1 is 1.04 bits per heavy atom. The molecule has 0 bridgehead atoms. The van der Waals surface area contributed by atoms with Gasteiger partial charge in [-0.2, -0.15) is 0 Å². The lowest BCUT2D eigenvalue weighted by molar-refractivity contribution is 0.462. The van der Waals surface area contributed by atoms with Crippen LogP contribution >= 0.6 is 0 Å². The molecule has 0 fully saturated rings.